The number of unbranched alkanes of at least 4 members (excludes halogenated alkanes) is 2. The van der Waals surface area contributed by atoms with Crippen molar-refractivity contribution in [3.63, 3.8) is 0 Å². The van der Waals surface area contributed by atoms with Crippen molar-refractivity contribution in [2.24, 2.45) is 5.92 Å². The van der Waals surface area contributed by atoms with Crippen LogP contribution in [0.15, 0.2) is 0 Å². The van der Waals surface area contributed by atoms with Crippen LogP contribution in [0, 0.1) is 5.92 Å². The van der Waals surface area contributed by atoms with Crippen LogP contribution < -0.4 is 0 Å². The highest BCUT2D eigenvalue weighted by Crippen LogP contribution is 2.14. The quantitative estimate of drug-likeness (QED) is 0.399. The zero-order valence-electron chi connectivity index (χ0n) is 14.2. The summed E-state index contributed by atoms with van der Waals surface area (Å²) >= 11 is 0. The molecule has 0 spiro atoms. The van der Waals surface area contributed by atoms with E-state index in [1.54, 1.807) is 0 Å². The van der Waals surface area contributed by atoms with Crippen molar-refractivity contribution in [2.75, 3.05) is 6.61 Å². The van der Waals surface area contributed by atoms with Gasteiger partial charge in [-0.15, -0.1) is 0 Å². The predicted molar refractivity (Wildman–Crippen MR) is 84.0 cm³/mol. The summed E-state index contributed by atoms with van der Waals surface area (Å²) in [5.41, 5.74) is 0. The van der Waals surface area contributed by atoms with Crippen LogP contribution in [0.4, 0.5) is 0 Å². The van der Waals surface area contributed by atoms with Crippen LogP contribution in [0.25, 0.3) is 0 Å². The molecule has 0 aliphatic carbocycles. The van der Waals surface area contributed by atoms with Gasteiger partial charge in [0.1, 0.15) is 6.10 Å². The summed E-state index contributed by atoms with van der Waals surface area (Å²) in [6, 6.07) is 0. The second-order valence-electron chi connectivity index (χ2n) is 6.02. The van der Waals surface area contributed by atoms with E-state index < -0.39 is 0 Å². The van der Waals surface area contributed by atoms with Gasteiger partial charge in [0, 0.05) is 13.3 Å². The van der Waals surface area contributed by atoms with Gasteiger partial charge < -0.3 is 9.47 Å². The van der Waals surface area contributed by atoms with E-state index in [2.05, 4.69) is 20.8 Å². The number of carbonyl (C=O) groups excluding carboxylic acids is 2. The third kappa shape index (κ3) is 13.7. The maximum Gasteiger partial charge on any atom is 0.305 e. The van der Waals surface area contributed by atoms with Crippen LogP contribution in [-0.2, 0) is 19.1 Å². The minimum atomic E-state index is -0.240. The first-order chi connectivity index (χ1) is 9.95. The molecule has 0 saturated carbocycles. The van der Waals surface area contributed by atoms with Gasteiger partial charge in [-0.05, 0) is 38.0 Å². The molecular formula is C17H32O4. The van der Waals surface area contributed by atoms with Crippen molar-refractivity contribution in [2.45, 2.75) is 85.2 Å². The van der Waals surface area contributed by atoms with Gasteiger partial charge in [-0.3, -0.25) is 9.59 Å². The van der Waals surface area contributed by atoms with Crippen molar-refractivity contribution in [1.82, 2.24) is 0 Å². The molecule has 0 amide bonds. The van der Waals surface area contributed by atoms with Crippen LogP contribution in [0.3, 0.4) is 0 Å². The first kappa shape index (κ1) is 19.9. The van der Waals surface area contributed by atoms with E-state index in [-0.39, 0.29) is 18.0 Å². The Kier molecular flexibility index (Phi) is 12.0. The van der Waals surface area contributed by atoms with Gasteiger partial charge in [0.2, 0.25) is 0 Å². The molecule has 0 fully saturated rings. The van der Waals surface area contributed by atoms with Gasteiger partial charge >= 0.3 is 11.9 Å². The minimum absolute atomic E-state index is 0.0579. The van der Waals surface area contributed by atoms with Gasteiger partial charge in [-0.25, -0.2) is 0 Å². The lowest BCUT2D eigenvalue weighted by Crippen LogP contribution is -2.17. The summed E-state index contributed by atoms with van der Waals surface area (Å²) in [7, 11) is 0. The molecule has 0 aliphatic heterocycles. The van der Waals surface area contributed by atoms with E-state index in [4.69, 9.17) is 9.47 Å². The third-order valence-electron chi connectivity index (χ3n) is 3.33. The molecule has 0 N–H and O–H groups in total. The van der Waals surface area contributed by atoms with Crippen LogP contribution in [0.1, 0.15) is 79.1 Å². The standard InChI is InChI=1S/C17H32O4/c1-5-6-7-9-16(21-15(4)18)10-8-11-17(19)20-13-12-14(2)3/h14,16H,5-13H2,1-4H3/t16-/m1/s1. The molecule has 0 heterocycles. The SMILES string of the molecule is CCCCC[C@H](CCCC(=O)OCCC(C)C)OC(C)=O. The van der Waals surface area contributed by atoms with Crippen LogP contribution >= 0.6 is 0 Å². The highest BCUT2D eigenvalue weighted by molar-refractivity contribution is 5.69. The molecule has 124 valence electrons. The van der Waals surface area contributed by atoms with Gasteiger partial charge in [-0.2, -0.15) is 0 Å². The Labute approximate surface area is 129 Å². The van der Waals surface area contributed by atoms with Gasteiger partial charge in [-0.1, -0.05) is 33.6 Å². The number of ether oxygens (including phenoxy) is 2. The van der Waals surface area contributed by atoms with Gasteiger partial charge in [0.15, 0.2) is 0 Å². The molecule has 4 nitrogen and oxygen atoms in total. The Morgan fingerprint density at radius 2 is 1.67 bits per heavy atom. The van der Waals surface area contributed by atoms with Crippen LogP contribution in [0.5, 0.6) is 0 Å². The lowest BCUT2D eigenvalue weighted by molar-refractivity contribution is -0.147. The minimum Gasteiger partial charge on any atom is -0.466 e. The number of carbonyl (C=O) groups is 2. The largest absolute Gasteiger partial charge is 0.466 e. The molecular weight excluding hydrogens is 268 g/mol. The summed E-state index contributed by atoms with van der Waals surface area (Å²) in [6.45, 7) is 8.29. The molecule has 0 saturated heterocycles. The normalized spacial score (nSPS) is 12.2. The highest BCUT2D eigenvalue weighted by atomic mass is 16.5. The maximum absolute atomic E-state index is 11.6. The molecule has 4 heteroatoms. The second kappa shape index (κ2) is 12.7. The smallest absolute Gasteiger partial charge is 0.305 e. The number of rotatable bonds is 12. The molecule has 0 aromatic carbocycles. The van der Waals surface area contributed by atoms with E-state index in [1.807, 2.05) is 0 Å². The topological polar surface area (TPSA) is 52.6 Å². The van der Waals surface area contributed by atoms with Crippen molar-refractivity contribution < 1.29 is 19.1 Å². The third-order valence-corrected chi connectivity index (χ3v) is 3.33. The number of hydrogen-bond acceptors (Lipinski definition) is 4. The molecule has 0 rings (SSSR count). The average molecular weight is 300 g/mol. The van der Waals surface area contributed by atoms with E-state index in [0.717, 1.165) is 38.5 Å². The Morgan fingerprint density at radius 1 is 1.00 bits per heavy atom. The lowest BCUT2D eigenvalue weighted by Gasteiger charge is -2.16. The van der Waals surface area contributed by atoms with Crippen LogP contribution in [-0.4, -0.2) is 24.6 Å². The van der Waals surface area contributed by atoms with Crippen molar-refractivity contribution in [3.8, 4) is 0 Å². The van der Waals surface area contributed by atoms with Crippen molar-refractivity contribution >= 4 is 11.9 Å². The fraction of sp³-hybridized carbons (Fsp3) is 0.882. The summed E-state index contributed by atoms with van der Waals surface area (Å²) in [5, 5.41) is 0. The Morgan fingerprint density at radius 3 is 2.24 bits per heavy atom. The molecule has 0 aromatic heterocycles. The second-order valence-corrected chi connectivity index (χ2v) is 6.02. The van der Waals surface area contributed by atoms with Crippen molar-refractivity contribution in [1.29, 1.82) is 0 Å². The summed E-state index contributed by atoms with van der Waals surface area (Å²) < 4.78 is 10.5. The molecule has 0 aliphatic rings. The average Bonchev–Trinajstić information content (AvgIpc) is 2.37. The number of hydrogen-bond donors (Lipinski definition) is 0. The van der Waals surface area contributed by atoms with Crippen LogP contribution in [0.2, 0.25) is 0 Å². The summed E-state index contributed by atoms with van der Waals surface area (Å²) in [4.78, 5) is 22.6. The van der Waals surface area contributed by atoms with E-state index >= 15 is 0 Å². The zero-order valence-corrected chi connectivity index (χ0v) is 14.2. The van der Waals surface area contributed by atoms with E-state index in [9.17, 15) is 9.59 Å². The van der Waals surface area contributed by atoms with Gasteiger partial charge in [0.05, 0.1) is 6.61 Å². The lowest BCUT2D eigenvalue weighted by atomic mass is 10.1. The molecule has 0 unspecified atom stereocenters. The zero-order chi connectivity index (χ0) is 16.1. The molecule has 1 atom stereocenters. The molecule has 0 bridgehead atoms. The fourth-order valence-electron chi connectivity index (χ4n) is 2.07. The highest BCUT2D eigenvalue weighted by Gasteiger charge is 2.13. The summed E-state index contributed by atoms with van der Waals surface area (Å²) in [5.74, 6) is 0.159. The van der Waals surface area contributed by atoms with Crippen molar-refractivity contribution in [3.05, 3.63) is 0 Å². The fourth-order valence-corrected chi connectivity index (χ4v) is 2.07. The summed E-state index contributed by atoms with van der Waals surface area (Å²) in [6.07, 6.45) is 6.94. The monoisotopic (exact) mass is 300 g/mol. The number of esters is 2. The van der Waals surface area contributed by atoms with E-state index in [0.29, 0.717) is 25.4 Å². The predicted octanol–water partition coefficient (Wildman–Crippen LogP) is 4.26. The molecule has 0 aromatic rings. The first-order valence-corrected chi connectivity index (χ1v) is 8.28. The molecule has 21 heavy (non-hydrogen) atoms. The van der Waals surface area contributed by atoms with E-state index in [1.165, 1.54) is 6.92 Å². The maximum atomic E-state index is 11.6. The molecule has 0 radical (unpaired) electrons. The first-order valence-electron chi connectivity index (χ1n) is 8.28. The van der Waals surface area contributed by atoms with Gasteiger partial charge in [0.25, 0.3) is 0 Å². The Balaban J connectivity index is 3.83. The Bertz CT molecular complexity index is 287. The Hall–Kier alpha value is -1.06.